The molecule has 112 valence electrons. The molecule has 0 bridgehead atoms. The molecule has 2 aromatic heterocycles. The highest BCUT2D eigenvalue weighted by Crippen LogP contribution is 2.35. The number of carboxylic acids is 1. The highest BCUT2D eigenvalue weighted by atomic mass is 35.5. The first kappa shape index (κ1) is 14.6. The second-order valence-corrected chi connectivity index (χ2v) is 6.60. The number of aromatic nitrogens is 2. The monoisotopic (exact) mass is 325 g/mol. The fourth-order valence-electron chi connectivity index (χ4n) is 2.88. The van der Waals surface area contributed by atoms with Gasteiger partial charge in [0.15, 0.2) is 0 Å². The van der Waals surface area contributed by atoms with Gasteiger partial charge in [0.1, 0.15) is 11.2 Å². The molecule has 0 fully saturated rings. The van der Waals surface area contributed by atoms with E-state index < -0.39 is 12.0 Å². The van der Waals surface area contributed by atoms with E-state index in [4.69, 9.17) is 11.6 Å². The van der Waals surface area contributed by atoms with Crippen LogP contribution in [0.4, 0.5) is 0 Å². The lowest BCUT2D eigenvalue weighted by molar-refractivity contribution is -0.144. The van der Waals surface area contributed by atoms with E-state index in [-0.39, 0.29) is 0 Å². The molecule has 0 saturated heterocycles. The molecule has 0 aliphatic carbocycles. The molecule has 1 atom stereocenters. The van der Waals surface area contributed by atoms with Crippen molar-refractivity contribution in [3.05, 3.63) is 38.3 Å². The van der Waals surface area contributed by atoms with Crippen molar-refractivity contribution in [1.29, 1.82) is 0 Å². The molecular weight excluding hydrogens is 310 g/mol. The van der Waals surface area contributed by atoms with Gasteiger partial charge in [0, 0.05) is 30.6 Å². The topological polar surface area (TPSA) is 58.4 Å². The molecule has 3 rings (SSSR count). The minimum Gasteiger partial charge on any atom is -0.480 e. The molecule has 0 aromatic carbocycles. The summed E-state index contributed by atoms with van der Waals surface area (Å²) in [5, 5.41) is 16.4. The van der Waals surface area contributed by atoms with Crippen molar-refractivity contribution in [2.45, 2.75) is 25.9 Å². The van der Waals surface area contributed by atoms with Crippen LogP contribution in [0.3, 0.4) is 0 Å². The van der Waals surface area contributed by atoms with Crippen molar-refractivity contribution in [1.82, 2.24) is 14.7 Å². The average molecular weight is 326 g/mol. The highest BCUT2D eigenvalue weighted by Gasteiger charge is 2.34. The van der Waals surface area contributed by atoms with Crippen molar-refractivity contribution in [2.24, 2.45) is 7.05 Å². The average Bonchev–Trinajstić information content (AvgIpc) is 2.98. The van der Waals surface area contributed by atoms with Crippen LogP contribution in [0, 0.1) is 6.92 Å². The number of aryl methyl sites for hydroxylation is 2. The summed E-state index contributed by atoms with van der Waals surface area (Å²) in [7, 11) is 1.79. The zero-order valence-corrected chi connectivity index (χ0v) is 13.4. The molecule has 7 heteroatoms. The van der Waals surface area contributed by atoms with Gasteiger partial charge < -0.3 is 5.11 Å². The predicted octanol–water partition coefficient (Wildman–Crippen LogP) is 2.63. The van der Waals surface area contributed by atoms with Gasteiger partial charge in [-0.1, -0.05) is 11.6 Å². The molecule has 2 aromatic rings. The van der Waals surface area contributed by atoms with E-state index in [0.717, 1.165) is 29.8 Å². The maximum atomic E-state index is 11.7. The summed E-state index contributed by atoms with van der Waals surface area (Å²) < 4.78 is 1.63. The molecule has 0 radical (unpaired) electrons. The third-order valence-electron chi connectivity index (χ3n) is 3.93. The summed E-state index contributed by atoms with van der Waals surface area (Å²) in [5.74, 6) is -0.813. The van der Waals surface area contributed by atoms with Gasteiger partial charge in [-0.2, -0.15) is 5.10 Å². The molecule has 5 nitrogen and oxygen atoms in total. The maximum Gasteiger partial charge on any atom is 0.325 e. The first-order valence-electron chi connectivity index (χ1n) is 6.70. The van der Waals surface area contributed by atoms with Crippen molar-refractivity contribution in [3.63, 3.8) is 0 Å². The Bertz CT molecular complexity index is 694. The summed E-state index contributed by atoms with van der Waals surface area (Å²) in [6.07, 6.45) is 0.883. The highest BCUT2D eigenvalue weighted by molar-refractivity contribution is 7.10. The Morgan fingerprint density at radius 3 is 3.00 bits per heavy atom. The number of rotatable bonds is 3. The fraction of sp³-hybridized carbons (Fsp3) is 0.429. The first-order chi connectivity index (χ1) is 9.99. The van der Waals surface area contributed by atoms with Crippen LogP contribution >= 0.6 is 22.9 Å². The van der Waals surface area contributed by atoms with Crippen LogP contribution in [0.5, 0.6) is 0 Å². The Labute approximate surface area is 131 Å². The molecule has 1 N–H and O–H groups in total. The van der Waals surface area contributed by atoms with E-state index >= 15 is 0 Å². The minimum atomic E-state index is -0.813. The Morgan fingerprint density at radius 1 is 1.62 bits per heavy atom. The van der Waals surface area contributed by atoms with Gasteiger partial charge in [-0.25, -0.2) is 0 Å². The molecule has 1 aliphatic rings. The second-order valence-electron chi connectivity index (χ2n) is 5.24. The summed E-state index contributed by atoms with van der Waals surface area (Å²) in [6, 6.07) is 1.32. The van der Waals surface area contributed by atoms with Gasteiger partial charge in [0.2, 0.25) is 0 Å². The molecule has 0 spiro atoms. The van der Waals surface area contributed by atoms with Crippen molar-refractivity contribution >= 4 is 28.9 Å². The van der Waals surface area contributed by atoms with Crippen molar-refractivity contribution in [3.8, 4) is 0 Å². The van der Waals surface area contributed by atoms with Crippen molar-refractivity contribution in [2.75, 3.05) is 6.54 Å². The number of hydrogen-bond donors (Lipinski definition) is 1. The lowest BCUT2D eigenvalue weighted by Gasteiger charge is -2.33. The minimum absolute atomic E-state index is 0.505. The van der Waals surface area contributed by atoms with Crippen LogP contribution in [0.1, 0.15) is 27.7 Å². The number of aliphatic carboxylic acids is 1. The third-order valence-corrected chi connectivity index (χ3v) is 5.40. The summed E-state index contributed by atoms with van der Waals surface area (Å²) in [4.78, 5) is 14.8. The SMILES string of the molecule is Cc1nn(C)c(Cl)c1CN1CCc2sccc2C1C(=O)O. The standard InChI is InChI=1S/C14H16ClN3O2S/c1-8-10(13(15)17(2)16-8)7-18-5-3-11-9(4-6-21-11)12(18)14(19)20/h4,6,12H,3,5,7H2,1-2H3,(H,19,20). The Morgan fingerprint density at radius 2 is 2.38 bits per heavy atom. The van der Waals surface area contributed by atoms with Gasteiger partial charge >= 0.3 is 5.97 Å². The van der Waals surface area contributed by atoms with Crippen LogP contribution in [0.25, 0.3) is 0 Å². The third kappa shape index (κ3) is 2.47. The van der Waals surface area contributed by atoms with Crippen molar-refractivity contribution < 1.29 is 9.90 Å². The summed E-state index contributed by atoms with van der Waals surface area (Å²) in [5.41, 5.74) is 2.67. The second kappa shape index (κ2) is 5.44. The van der Waals surface area contributed by atoms with Gasteiger partial charge in [0.05, 0.1) is 5.69 Å². The smallest absolute Gasteiger partial charge is 0.325 e. The predicted molar refractivity (Wildman–Crippen MR) is 81.8 cm³/mol. The van der Waals surface area contributed by atoms with E-state index in [9.17, 15) is 9.90 Å². The van der Waals surface area contributed by atoms with Crippen LogP contribution in [-0.2, 0) is 24.8 Å². The molecular formula is C14H16ClN3O2S. The van der Waals surface area contributed by atoms with E-state index in [1.807, 2.05) is 23.3 Å². The number of carboxylic acid groups (broad SMARTS) is 1. The van der Waals surface area contributed by atoms with Crippen LogP contribution in [-0.4, -0.2) is 32.3 Å². The molecule has 0 saturated carbocycles. The largest absolute Gasteiger partial charge is 0.480 e. The molecule has 1 aliphatic heterocycles. The number of halogens is 1. The van der Waals surface area contributed by atoms with E-state index in [2.05, 4.69) is 5.10 Å². The Balaban J connectivity index is 1.93. The lowest BCUT2D eigenvalue weighted by Crippen LogP contribution is -2.38. The zero-order valence-electron chi connectivity index (χ0n) is 11.8. The number of carbonyl (C=O) groups is 1. The van der Waals surface area contributed by atoms with Crippen LogP contribution in [0.2, 0.25) is 5.15 Å². The number of fused-ring (bicyclic) bond motifs is 1. The zero-order chi connectivity index (χ0) is 15.1. The van der Waals surface area contributed by atoms with Gasteiger partial charge in [-0.15, -0.1) is 11.3 Å². The maximum absolute atomic E-state index is 11.7. The summed E-state index contributed by atoms with van der Waals surface area (Å²) >= 11 is 7.90. The van der Waals surface area contributed by atoms with E-state index in [1.165, 1.54) is 4.88 Å². The molecule has 1 unspecified atom stereocenters. The summed E-state index contributed by atoms with van der Waals surface area (Å²) in [6.45, 7) is 3.12. The lowest BCUT2D eigenvalue weighted by atomic mass is 9.99. The first-order valence-corrected chi connectivity index (χ1v) is 7.96. The Kier molecular flexibility index (Phi) is 3.77. The van der Waals surface area contributed by atoms with Gasteiger partial charge in [0.25, 0.3) is 0 Å². The van der Waals surface area contributed by atoms with E-state index in [1.54, 1.807) is 23.1 Å². The Hall–Kier alpha value is -1.37. The van der Waals surface area contributed by atoms with Gasteiger partial charge in [-0.3, -0.25) is 14.4 Å². The normalized spacial score (nSPS) is 18.7. The fourth-order valence-corrected chi connectivity index (χ4v) is 4.02. The van der Waals surface area contributed by atoms with Gasteiger partial charge in [-0.05, 0) is 30.4 Å². The molecule has 0 amide bonds. The number of nitrogens with zero attached hydrogens (tertiary/aromatic N) is 3. The number of hydrogen-bond acceptors (Lipinski definition) is 4. The molecule has 21 heavy (non-hydrogen) atoms. The quantitative estimate of drug-likeness (QED) is 0.942. The van der Waals surface area contributed by atoms with E-state index in [0.29, 0.717) is 11.7 Å². The van der Waals surface area contributed by atoms with Crippen LogP contribution < -0.4 is 0 Å². The number of thiophene rings is 1. The van der Waals surface area contributed by atoms with Crippen LogP contribution in [0.15, 0.2) is 11.4 Å². The molecule has 3 heterocycles.